The molecule has 7 nitrogen and oxygen atoms in total. The average molecular weight is 331 g/mol. The van der Waals surface area contributed by atoms with Gasteiger partial charge < -0.3 is 5.32 Å². The van der Waals surface area contributed by atoms with E-state index in [1.54, 1.807) is 36.6 Å². The maximum absolute atomic E-state index is 12.7. The van der Waals surface area contributed by atoms with Crippen molar-refractivity contribution < 1.29 is 14.5 Å². The Morgan fingerprint density at radius 3 is 2.61 bits per heavy atom. The number of nitrogens with one attached hydrogen (secondary N) is 1. The number of nitro groups is 1. The van der Waals surface area contributed by atoms with Crippen molar-refractivity contribution in [3.8, 4) is 0 Å². The van der Waals surface area contributed by atoms with Gasteiger partial charge >= 0.3 is 11.0 Å². The number of rotatable bonds is 4. The van der Waals surface area contributed by atoms with Crippen molar-refractivity contribution in [1.82, 2.24) is 10.2 Å². The summed E-state index contributed by atoms with van der Waals surface area (Å²) in [5, 5.41) is 15.0. The molecule has 8 heteroatoms. The van der Waals surface area contributed by atoms with Crippen LogP contribution in [-0.4, -0.2) is 21.8 Å². The first-order valence-corrected chi connectivity index (χ1v) is 7.71. The van der Waals surface area contributed by atoms with Crippen LogP contribution >= 0.6 is 11.3 Å². The van der Waals surface area contributed by atoms with Gasteiger partial charge in [0.15, 0.2) is 0 Å². The van der Waals surface area contributed by atoms with Gasteiger partial charge in [0, 0.05) is 11.4 Å². The zero-order valence-electron chi connectivity index (χ0n) is 12.2. The summed E-state index contributed by atoms with van der Waals surface area (Å²) in [6.07, 6.45) is 0. The topological polar surface area (TPSA) is 92.6 Å². The summed E-state index contributed by atoms with van der Waals surface area (Å²) < 4.78 is 0. The molecule has 118 valence electrons. The van der Waals surface area contributed by atoms with Gasteiger partial charge in [-0.1, -0.05) is 41.7 Å². The monoisotopic (exact) mass is 331 g/mol. The number of carbonyl (C=O) groups excluding carboxylic acids is 2. The van der Waals surface area contributed by atoms with Gasteiger partial charge in [0.1, 0.15) is 5.54 Å². The minimum absolute atomic E-state index is 0.0113. The van der Waals surface area contributed by atoms with E-state index in [9.17, 15) is 19.7 Å². The van der Waals surface area contributed by atoms with E-state index in [1.807, 2.05) is 6.07 Å². The normalized spacial score (nSPS) is 20.7. The summed E-state index contributed by atoms with van der Waals surface area (Å²) in [7, 11) is 0. The minimum atomic E-state index is -1.12. The van der Waals surface area contributed by atoms with Crippen molar-refractivity contribution >= 4 is 28.3 Å². The van der Waals surface area contributed by atoms with Crippen LogP contribution in [0.25, 0.3) is 0 Å². The molecule has 0 bridgehead atoms. The highest BCUT2D eigenvalue weighted by molar-refractivity contribution is 7.13. The number of thiophene rings is 1. The molecule has 23 heavy (non-hydrogen) atoms. The van der Waals surface area contributed by atoms with E-state index >= 15 is 0 Å². The highest BCUT2D eigenvalue weighted by Crippen LogP contribution is 2.31. The lowest BCUT2D eigenvalue weighted by Crippen LogP contribution is -2.40. The standard InChI is InChI=1S/C15H13N3O4S/c1-15(11-5-3-2-4-6-11)13(19)17(14(20)16-15)8-10-7-12(18(21)22)23-9-10/h2-7,9H,8H2,1H3,(H,16,20). The summed E-state index contributed by atoms with van der Waals surface area (Å²) in [6.45, 7) is 1.66. The minimum Gasteiger partial charge on any atom is -0.319 e. The molecular weight excluding hydrogens is 318 g/mol. The van der Waals surface area contributed by atoms with Gasteiger partial charge in [0.25, 0.3) is 5.91 Å². The summed E-state index contributed by atoms with van der Waals surface area (Å²) in [6, 6.07) is 9.85. The van der Waals surface area contributed by atoms with Crippen molar-refractivity contribution in [2.75, 3.05) is 0 Å². The molecule has 1 saturated heterocycles. The molecule has 0 radical (unpaired) electrons. The van der Waals surface area contributed by atoms with Crippen molar-refractivity contribution in [2.24, 2.45) is 0 Å². The Labute approximate surface area is 135 Å². The van der Waals surface area contributed by atoms with E-state index < -0.39 is 16.5 Å². The first-order valence-electron chi connectivity index (χ1n) is 6.83. The van der Waals surface area contributed by atoms with Crippen LogP contribution in [0.1, 0.15) is 18.1 Å². The van der Waals surface area contributed by atoms with Crippen molar-refractivity contribution in [3.05, 3.63) is 63.0 Å². The molecule has 1 unspecified atom stereocenters. The first-order chi connectivity index (χ1) is 10.9. The molecule has 0 saturated carbocycles. The van der Waals surface area contributed by atoms with Gasteiger partial charge in [-0.15, -0.1) is 0 Å². The van der Waals surface area contributed by atoms with Crippen LogP contribution in [0.3, 0.4) is 0 Å². The number of carbonyl (C=O) groups is 2. The molecule has 2 aromatic rings. The second kappa shape index (κ2) is 5.47. The van der Waals surface area contributed by atoms with Crippen molar-refractivity contribution in [3.63, 3.8) is 0 Å². The van der Waals surface area contributed by atoms with Gasteiger partial charge in [-0.25, -0.2) is 4.79 Å². The number of hydrogen-bond donors (Lipinski definition) is 1. The summed E-state index contributed by atoms with van der Waals surface area (Å²) in [4.78, 5) is 36.2. The maximum atomic E-state index is 12.7. The fourth-order valence-corrected chi connectivity index (χ4v) is 3.25. The second-order valence-corrected chi connectivity index (χ2v) is 6.25. The van der Waals surface area contributed by atoms with Gasteiger partial charge in [-0.2, -0.15) is 0 Å². The van der Waals surface area contributed by atoms with E-state index in [2.05, 4.69) is 5.32 Å². The largest absolute Gasteiger partial charge is 0.325 e. The number of urea groups is 1. The third-order valence-corrected chi connectivity index (χ3v) is 4.72. The van der Waals surface area contributed by atoms with Crippen LogP contribution in [0, 0.1) is 10.1 Å². The third-order valence-electron chi connectivity index (χ3n) is 3.79. The van der Waals surface area contributed by atoms with Gasteiger partial charge in [0.2, 0.25) is 0 Å². The summed E-state index contributed by atoms with van der Waals surface area (Å²) in [5.41, 5.74) is 0.125. The molecule has 1 aliphatic heterocycles. The fraction of sp³-hybridized carbons (Fsp3) is 0.200. The zero-order chi connectivity index (χ0) is 16.6. The average Bonchev–Trinajstić information content (AvgIpc) is 3.08. The lowest BCUT2D eigenvalue weighted by molar-refractivity contribution is -0.380. The highest BCUT2D eigenvalue weighted by atomic mass is 32.1. The Morgan fingerprint density at radius 1 is 1.30 bits per heavy atom. The quantitative estimate of drug-likeness (QED) is 0.529. The van der Waals surface area contributed by atoms with Crippen LogP contribution in [-0.2, 0) is 16.9 Å². The molecule has 0 aliphatic carbocycles. The van der Waals surface area contributed by atoms with E-state index in [-0.39, 0.29) is 17.5 Å². The number of amides is 3. The molecular formula is C15H13N3O4S. The first kappa shape index (κ1) is 15.2. The van der Waals surface area contributed by atoms with Gasteiger partial charge in [0.05, 0.1) is 11.5 Å². The predicted octanol–water partition coefficient (Wildman–Crippen LogP) is 2.62. The molecule has 1 aromatic heterocycles. The van der Waals surface area contributed by atoms with Crippen LogP contribution in [0.4, 0.5) is 9.80 Å². The van der Waals surface area contributed by atoms with E-state index in [1.165, 1.54) is 6.07 Å². The van der Waals surface area contributed by atoms with Crippen LogP contribution in [0.2, 0.25) is 0 Å². The van der Waals surface area contributed by atoms with Crippen LogP contribution < -0.4 is 5.32 Å². The molecule has 0 spiro atoms. The Kier molecular flexibility index (Phi) is 3.61. The fourth-order valence-electron chi connectivity index (χ4n) is 2.53. The van der Waals surface area contributed by atoms with Gasteiger partial charge in [-0.05, 0) is 18.1 Å². The van der Waals surface area contributed by atoms with Crippen molar-refractivity contribution in [2.45, 2.75) is 19.0 Å². The molecule has 3 rings (SSSR count). The smallest absolute Gasteiger partial charge is 0.319 e. The zero-order valence-corrected chi connectivity index (χ0v) is 13.0. The number of nitrogens with zero attached hydrogens (tertiary/aromatic N) is 2. The molecule has 1 N–H and O–H groups in total. The maximum Gasteiger partial charge on any atom is 0.325 e. The van der Waals surface area contributed by atoms with Crippen molar-refractivity contribution in [1.29, 1.82) is 0 Å². The van der Waals surface area contributed by atoms with Crippen LogP contribution in [0.5, 0.6) is 0 Å². The third kappa shape index (κ3) is 2.57. The summed E-state index contributed by atoms with van der Waals surface area (Å²) in [5.74, 6) is -0.373. The number of benzene rings is 1. The van der Waals surface area contributed by atoms with E-state index in [0.717, 1.165) is 16.2 Å². The summed E-state index contributed by atoms with van der Waals surface area (Å²) >= 11 is 0.971. The SMILES string of the molecule is CC1(c2ccccc2)NC(=O)N(Cc2csc([N+](=O)[O-])c2)C1=O. The number of hydrogen-bond acceptors (Lipinski definition) is 5. The Morgan fingerprint density at radius 2 is 2.00 bits per heavy atom. The second-order valence-electron chi connectivity index (χ2n) is 5.36. The number of imide groups is 1. The molecule has 1 aliphatic rings. The van der Waals surface area contributed by atoms with E-state index in [0.29, 0.717) is 11.1 Å². The Balaban J connectivity index is 1.85. The highest BCUT2D eigenvalue weighted by Gasteiger charge is 2.48. The molecule has 1 atom stereocenters. The van der Waals surface area contributed by atoms with Gasteiger partial charge in [-0.3, -0.25) is 19.8 Å². The lowest BCUT2D eigenvalue weighted by Gasteiger charge is -2.22. The Bertz CT molecular complexity index is 789. The lowest BCUT2D eigenvalue weighted by atomic mass is 9.92. The Hall–Kier alpha value is -2.74. The predicted molar refractivity (Wildman–Crippen MR) is 83.8 cm³/mol. The van der Waals surface area contributed by atoms with E-state index in [4.69, 9.17) is 0 Å². The molecule has 1 fully saturated rings. The van der Waals surface area contributed by atoms with Crippen LogP contribution in [0.15, 0.2) is 41.8 Å². The molecule has 2 heterocycles. The molecule has 3 amide bonds. The molecule has 1 aromatic carbocycles.